The van der Waals surface area contributed by atoms with Crippen LogP contribution in [0.5, 0.6) is 0 Å². The molecule has 0 N–H and O–H groups in total. The van der Waals surface area contributed by atoms with Gasteiger partial charge in [-0.2, -0.15) is 0 Å². The van der Waals surface area contributed by atoms with Gasteiger partial charge in [-0.15, -0.1) is 11.3 Å². The highest BCUT2D eigenvalue weighted by atomic mass is 32.1. The summed E-state index contributed by atoms with van der Waals surface area (Å²) in [6.07, 6.45) is 4.43. The summed E-state index contributed by atoms with van der Waals surface area (Å²) < 4.78 is 0. The van der Waals surface area contributed by atoms with Gasteiger partial charge in [-0.05, 0) is 45.2 Å². The number of aromatic nitrogens is 2. The maximum absolute atomic E-state index is 12.6. The fourth-order valence-electron chi connectivity index (χ4n) is 2.97. The number of nitrogens with zero attached hydrogens (tertiary/aromatic N) is 3. The number of rotatable bonds is 3. The van der Waals surface area contributed by atoms with Crippen LogP contribution in [0.15, 0.2) is 18.3 Å². The zero-order valence-corrected chi connectivity index (χ0v) is 14.8. The summed E-state index contributed by atoms with van der Waals surface area (Å²) in [5, 5.41) is 1.19. The Kier molecular flexibility index (Phi) is 4.76. The summed E-state index contributed by atoms with van der Waals surface area (Å²) >= 11 is 1.78. The quantitative estimate of drug-likeness (QED) is 0.867. The number of thiazole rings is 1. The molecule has 23 heavy (non-hydrogen) atoms. The van der Waals surface area contributed by atoms with Crippen LogP contribution in [-0.2, 0) is 11.2 Å². The molecule has 122 valence electrons. The van der Waals surface area contributed by atoms with E-state index in [4.69, 9.17) is 4.98 Å². The van der Waals surface area contributed by atoms with E-state index in [-0.39, 0.29) is 5.91 Å². The van der Waals surface area contributed by atoms with Gasteiger partial charge in [0.15, 0.2) is 0 Å². The number of likely N-dealkylation sites (tertiary alicyclic amines) is 1. The number of pyridine rings is 1. The lowest BCUT2D eigenvalue weighted by Crippen LogP contribution is -2.39. The highest BCUT2D eigenvalue weighted by Crippen LogP contribution is 2.31. The molecule has 0 radical (unpaired) electrons. The Morgan fingerprint density at radius 2 is 2.17 bits per heavy atom. The molecular weight excluding hydrogens is 306 g/mol. The third-order valence-electron chi connectivity index (χ3n) is 4.50. The molecule has 0 spiro atoms. The number of hydrogen-bond donors (Lipinski definition) is 0. The fraction of sp³-hybridized carbons (Fsp3) is 0.500. The first-order chi connectivity index (χ1) is 11.0. The Balaban J connectivity index is 1.65. The smallest absolute Gasteiger partial charge is 0.227 e. The minimum Gasteiger partial charge on any atom is -0.342 e. The van der Waals surface area contributed by atoms with Gasteiger partial charge in [0.2, 0.25) is 5.91 Å². The molecule has 1 saturated heterocycles. The lowest BCUT2D eigenvalue weighted by Gasteiger charge is -2.32. The van der Waals surface area contributed by atoms with Crippen LogP contribution in [0, 0.1) is 20.8 Å². The molecule has 0 unspecified atom stereocenters. The largest absolute Gasteiger partial charge is 0.342 e. The Bertz CT molecular complexity index is 673. The second-order valence-corrected chi connectivity index (χ2v) is 7.59. The van der Waals surface area contributed by atoms with E-state index < -0.39 is 0 Å². The van der Waals surface area contributed by atoms with Gasteiger partial charge in [-0.3, -0.25) is 9.78 Å². The van der Waals surface area contributed by atoms with Crippen LogP contribution in [-0.4, -0.2) is 33.9 Å². The second kappa shape index (κ2) is 6.79. The van der Waals surface area contributed by atoms with Gasteiger partial charge >= 0.3 is 0 Å². The molecule has 1 fully saturated rings. The van der Waals surface area contributed by atoms with E-state index in [1.807, 2.05) is 30.2 Å². The molecule has 4 nitrogen and oxygen atoms in total. The van der Waals surface area contributed by atoms with Gasteiger partial charge in [0.25, 0.3) is 0 Å². The van der Waals surface area contributed by atoms with Crippen molar-refractivity contribution in [2.75, 3.05) is 13.1 Å². The van der Waals surface area contributed by atoms with E-state index >= 15 is 0 Å². The molecule has 0 saturated carbocycles. The third-order valence-corrected chi connectivity index (χ3v) is 5.73. The van der Waals surface area contributed by atoms with E-state index in [1.165, 1.54) is 9.88 Å². The summed E-state index contributed by atoms with van der Waals surface area (Å²) in [7, 11) is 0. The SMILES string of the molecule is Cc1ccc(CC(=O)N2CCC[C@@H](c3nc(C)c(C)s3)C2)cn1. The molecule has 1 aliphatic heterocycles. The number of aryl methyl sites for hydroxylation is 3. The molecule has 1 amide bonds. The van der Waals surface area contributed by atoms with Crippen molar-refractivity contribution in [3.8, 4) is 0 Å². The molecule has 1 atom stereocenters. The molecule has 0 bridgehead atoms. The molecular formula is C18H23N3OS. The molecule has 3 rings (SSSR count). The van der Waals surface area contributed by atoms with Gasteiger partial charge in [-0.1, -0.05) is 6.07 Å². The van der Waals surface area contributed by atoms with Gasteiger partial charge in [0, 0.05) is 35.8 Å². The highest BCUT2D eigenvalue weighted by Gasteiger charge is 2.27. The van der Waals surface area contributed by atoms with Crippen molar-refractivity contribution in [2.24, 2.45) is 0 Å². The monoisotopic (exact) mass is 329 g/mol. The first kappa shape index (κ1) is 16.1. The second-order valence-electron chi connectivity index (χ2n) is 6.36. The average molecular weight is 329 g/mol. The Morgan fingerprint density at radius 3 is 2.83 bits per heavy atom. The predicted octanol–water partition coefficient (Wildman–Crippen LogP) is 3.41. The van der Waals surface area contributed by atoms with Crippen molar-refractivity contribution in [1.29, 1.82) is 0 Å². The summed E-state index contributed by atoms with van der Waals surface area (Å²) in [5.41, 5.74) is 3.09. The molecule has 5 heteroatoms. The molecule has 2 aromatic heterocycles. The Morgan fingerprint density at radius 1 is 1.35 bits per heavy atom. The van der Waals surface area contributed by atoms with Crippen molar-refractivity contribution in [3.05, 3.63) is 45.2 Å². The zero-order valence-electron chi connectivity index (χ0n) is 14.0. The standard InChI is InChI=1S/C18H23N3OS/c1-12-6-7-15(10-19-12)9-17(22)21-8-4-5-16(11-21)18-20-13(2)14(3)23-18/h6-7,10,16H,4-5,8-9,11H2,1-3H3/t16-/m1/s1. The maximum Gasteiger partial charge on any atom is 0.227 e. The number of carbonyl (C=O) groups is 1. The fourth-order valence-corrected chi connectivity index (χ4v) is 4.02. The van der Waals surface area contributed by atoms with Crippen molar-refractivity contribution in [3.63, 3.8) is 0 Å². The molecule has 3 heterocycles. The van der Waals surface area contributed by atoms with Crippen LogP contribution in [0.4, 0.5) is 0 Å². The van der Waals surface area contributed by atoms with Crippen LogP contribution >= 0.6 is 11.3 Å². The van der Waals surface area contributed by atoms with Gasteiger partial charge in [0.05, 0.1) is 17.1 Å². The van der Waals surface area contributed by atoms with E-state index in [0.717, 1.165) is 42.9 Å². The van der Waals surface area contributed by atoms with E-state index in [0.29, 0.717) is 12.3 Å². The number of amides is 1. The van der Waals surface area contributed by atoms with Crippen molar-refractivity contribution < 1.29 is 4.79 Å². The Labute approximate surface area is 141 Å². The van der Waals surface area contributed by atoms with Crippen LogP contribution in [0.2, 0.25) is 0 Å². The van der Waals surface area contributed by atoms with E-state index in [9.17, 15) is 4.79 Å². The normalized spacial score (nSPS) is 18.2. The summed E-state index contributed by atoms with van der Waals surface area (Å²) in [6, 6.07) is 3.96. The average Bonchev–Trinajstić information content (AvgIpc) is 2.89. The van der Waals surface area contributed by atoms with E-state index in [2.05, 4.69) is 18.8 Å². The lowest BCUT2D eigenvalue weighted by atomic mass is 9.98. The first-order valence-corrected chi connectivity index (χ1v) is 8.98. The number of piperidine rings is 1. The summed E-state index contributed by atoms with van der Waals surface area (Å²) in [5.74, 6) is 0.589. The summed E-state index contributed by atoms with van der Waals surface area (Å²) in [4.78, 5) is 24.8. The van der Waals surface area contributed by atoms with Gasteiger partial charge in [0.1, 0.15) is 0 Å². The van der Waals surface area contributed by atoms with Gasteiger partial charge < -0.3 is 4.90 Å². The topological polar surface area (TPSA) is 46.1 Å². The number of carbonyl (C=O) groups excluding carboxylic acids is 1. The first-order valence-electron chi connectivity index (χ1n) is 8.16. The lowest BCUT2D eigenvalue weighted by molar-refractivity contribution is -0.131. The van der Waals surface area contributed by atoms with E-state index in [1.54, 1.807) is 11.3 Å². The van der Waals surface area contributed by atoms with Crippen LogP contribution in [0.25, 0.3) is 0 Å². The molecule has 1 aliphatic rings. The number of hydrogen-bond acceptors (Lipinski definition) is 4. The minimum absolute atomic E-state index is 0.199. The molecule has 0 aliphatic carbocycles. The van der Waals surface area contributed by atoms with Crippen molar-refractivity contribution in [1.82, 2.24) is 14.9 Å². The Hall–Kier alpha value is -1.75. The van der Waals surface area contributed by atoms with Crippen LogP contribution in [0.1, 0.15) is 45.6 Å². The molecule has 2 aromatic rings. The predicted molar refractivity (Wildman–Crippen MR) is 92.8 cm³/mol. The van der Waals surface area contributed by atoms with Crippen LogP contribution in [0.3, 0.4) is 0 Å². The van der Waals surface area contributed by atoms with Crippen molar-refractivity contribution in [2.45, 2.75) is 46.0 Å². The maximum atomic E-state index is 12.6. The van der Waals surface area contributed by atoms with Crippen molar-refractivity contribution >= 4 is 17.2 Å². The molecule has 0 aromatic carbocycles. The van der Waals surface area contributed by atoms with Gasteiger partial charge in [-0.25, -0.2) is 4.98 Å². The minimum atomic E-state index is 0.199. The zero-order chi connectivity index (χ0) is 16.4. The third kappa shape index (κ3) is 3.78. The van der Waals surface area contributed by atoms with Crippen LogP contribution < -0.4 is 0 Å². The highest BCUT2D eigenvalue weighted by molar-refractivity contribution is 7.11. The summed E-state index contributed by atoms with van der Waals surface area (Å²) in [6.45, 7) is 7.79.